The average Bonchev–Trinajstić information content (AvgIpc) is 2.24. The zero-order valence-corrected chi connectivity index (χ0v) is 8.57. The van der Waals surface area contributed by atoms with Crippen molar-refractivity contribution < 1.29 is 9.13 Å². The maximum atomic E-state index is 13.4. The van der Waals surface area contributed by atoms with Crippen molar-refractivity contribution in [1.29, 1.82) is 5.26 Å². The summed E-state index contributed by atoms with van der Waals surface area (Å²) >= 11 is 0. The molecule has 3 nitrogen and oxygen atoms in total. The summed E-state index contributed by atoms with van der Waals surface area (Å²) in [7, 11) is 1.83. The molecule has 1 heterocycles. The normalized spacial score (nSPS) is 24.0. The molecule has 0 amide bonds. The van der Waals surface area contributed by atoms with Crippen LogP contribution in [0.15, 0.2) is 18.2 Å². The van der Waals surface area contributed by atoms with Gasteiger partial charge in [-0.05, 0) is 19.1 Å². The lowest BCUT2D eigenvalue weighted by Crippen LogP contribution is -2.45. The first-order valence-electron chi connectivity index (χ1n) is 4.72. The first-order valence-corrected chi connectivity index (χ1v) is 4.72. The number of benzene rings is 1. The van der Waals surface area contributed by atoms with Crippen LogP contribution in [0.1, 0.15) is 6.92 Å². The van der Waals surface area contributed by atoms with Crippen LogP contribution in [0.5, 0.6) is 5.75 Å². The Morgan fingerprint density at radius 1 is 1.53 bits per heavy atom. The van der Waals surface area contributed by atoms with Crippen LogP contribution in [-0.4, -0.2) is 19.2 Å². The summed E-state index contributed by atoms with van der Waals surface area (Å²) in [5, 5.41) is 8.87. The Kier molecular flexibility index (Phi) is 2.24. The van der Waals surface area contributed by atoms with Gasteiger partial charge in [0.15, 0.2) is 11.6 Å². The van der Waals surface area contributed by atoms with E-state index in [0.29, 0.717) is 5.69 Å². The topological polar surface area (TPSA) is 36.3 Å². The second-order valence-electron chi connectivity index (χ2n) is 3.61. The van der Waals surface area contributed by atoms with Gasteiger partial charge in [0.2, 0.25) is 6.10 Å². The van der Waals surface area contributed by atoms with Crippen molar-refractivity contribution in [3.8, 4) is 11.8 Å². The minimum absolute atomic E-state index is 0.0794. The lowest BCUT2D eigenvalue weighted by atomic mass is 10.1. The molecule has 0 saturated carbocycles. The highest BCUT2D eigenvalue weighted by molar-refractivity contribution is 5.61. The molecule has 2 unspecified atom stereocenters. The number of para-hydroxylation sites is 1. The van der Waals surface area contributed by atoms with E-state index in [4.69, 9.17) is 10.00 Å². The zero-order chi connectivity index (χ0) is 11.0. The van der Waals surface area contributed by atoms with Crippen LogP contribution in [0.25, 0.3) is 0 Å². The summed E-state index contributed by atoms with van der Waals surface area (Å²) in [6, 6.07) is 6.69. The van der Waals surface area contributed by atoms with E-state index in [1.807, 2.05) is 24.9 Å². The average molecular weight is 206 g/mol. The summed E-state index contributed by atoms with van der Waals surface area (Å²) in [6.45, 7) is 1.88. The Morgan fingerprint density at radius 2 is 2.27 bits per heavy atom. The number of hydrogen-bond donors (Lipinski definition) is 0. The largest absolute Gasteiger partial charge is 0.468 e. The van der Waals surface area contributed by atoms with Crippen molar-refractivity contribution >= 4 is 5.69 Å². The molecule has 0 spiro atoms. The predicted octanol–water partition coefficient (Wildman–Crippen LogP) is 1.93. The van der Waals surface area contributed by atoms with Gasteiger partial charge in [0.05, 0.1) is 11.7 Å². The minimum atomic E-state index is -0.626. The smallest absolute Gasteiger partial charge is 0.204 e. The molecule has 0 aromatic heterocycles. The second-order valence-corrected chi connectivity index (χ2v) is 3.61. The fourth-order valence-corrected chi connectivity index (χ4v) is 1.67. The van der Waals surface area contributed by atoms with Gasteiger partial charge in [-0.1, -0.05) is 6.07 Å². The predicted molar refractivity (Wildman–Crippen MR) is 54.3 cm³/mol. The number of rotatable bonds is 0. The molecule has 4 heteroatoms. The van der Waals surface area contributed by atoms with E-state index in [-0.39, 0.29) is 11.8 Å². The van der Waals surface area contributed by atoms with Crippen molar-refractivity contribution in [3.63, 3.8) is 0 Å². The van der Waals surface area contributed by atoms with Gasteiger partial charge in [-0.2, -0.15) is 5.26 Å². The fraction of sp³-hybridized carbons (Fsp3) is 0.364. The Bertz CT molecular complexity index is 427. The third-order valence-electron chi connectivity index (χ3n) is 2.75. The van der Waals surface area contributed by atoms with Gasteiger partial charge in [-0.3, -0.25) is 0 Å². The highest BCUT2D eigenvalue weighted by atomic mass is 19.1. The third kappa shape index (κ3) is 1.40. The number of anilines is 1. The standard InChI is InChI=1S/C11H11FN2O/c1-7-10(6-13)15-11-8(12)4-3-5-9(11)14(7)2/h3-5,7,10H,1-2H3. The molecule has 0 fully saturated rings. The van der Waals surface area contributed by atoms with Gasteiger partial charge in [0, 0.05) is 7.05 Å². The molecule has 0 bridgehead atoms. The van der Waals surface area contributed by atoms with E-state index >= 15 is 0 Å². The number of nitrogens with zero attached hydrogens (tertiary/aromatic N) is 2. The first kappa shape index (κ1) is 9.78. The van der Waals surface area contributed by atoms with E-state index in [1.54, 1.807) is 12.1 Å². The molecule has 78 valence electrons. The molecule has 0 N–H and O–H groups in total. The maximum Gasteiger partial charge on any atom is 0.204 e. The van der Waals surface area contributed by atoms with Gasteiger partial charge in [-0.25, -0.2) is 4.39 Å². The highest BCUT2D eigenvalue weighted by Crippen LogP contribution is 2.36. The molecular weight excluding hydrogens is 195 g/mol. The van der Waals surface area contributed by atoms with Crippen LogP contribution in [0, 0.1) is 17.1 Å². The van der Waals surface area contributed by atoms with Gasteiger partial charge in [-0.15, -0.1) is 0 Å². The molecule has 2 rings (SSSR count). The maximum absolute atomic E-state index is 13.4. The molecule has 0 aliphatic carbocycles. The van der Waals surface area contributed by atoms with Gasteiger partial charge >= 0.3 is 0 Å². The summed E-state index contributed by atoms with van der Waals surface area (Å²) in [6.07, 6.45) is -0.626. The summed E-state index contributed by atoms with van der Waals surface area (Å²) in [5.74, 6) is -0.254. The number of ether oxygens (including phenoxy) is 1. The van der Waals surface area contributed by atoms with Crippen molar-refractivity contribution in [2.24, 2.45) is 0 Å². The number of halogens is 1. The molecule has 1 aromatic carbocycles. The van der Waals surface area contributed by atoms with Crippen LogP contribution < -0.4 is 9.64 Å². The summed E-state index contributed by atoms with van der Waals surface area (Å²) in [5.41, 5.74) is 0.689. The van der Waals surface area contributed by atoms with E-state index in [2.05, 4.69) is 0 Å². The van der Waals surface area contributed by atoms with Gasteiger partial charge in [0.1, 0.15) is 6.07 Å². The monoisotopic (exact) mass is 206 g/mol. The minimum Gasteiger partial charge on any atom is -0.468 e. The van der Waals surface area contributed by atoms with Crippen molar-refractivity contribution in [1.82, 2.24) is 0 Å². The number of fused-ring (bicyclic) bond motifs is 1. The summed E-state index contributed by atoms with van der Waals surface area (Å²) < 4.78 is 18.7. The van der Waals surface area contributed by atoms with Crippen LogP contribution in [0.3, 0.4) is 0 Å². The first-order chi connectivity index (χ1) is 7.15. The molecule has 1 aliphatic rings. The lowest BCUT2D eigenvalue weighted by Gasteiger charge is -2.36. The van der Waals surface area contributed by atoms with Crippen molar-refractivity contribution in [2.45, 2.75) is 19.1 Å². The quantitative estimate of drug-likeness (QED) is 0.650. The van der Waals surface area contributed by atoms with Crippen LogP contribution >= 0.6 is 0 Å². The second kappa shape index (κ2) is 3.43. The Morgan fingerprint density at radius 3 is 2.93 bits per heavy atom. The molecule has 0 saturated heterocycles. The Labute approximate surface area is 87.7 Å². The fourth-order valence-electron chi connectivity index (χ4n) is 1.67. The Hall–Kier alpha value is -1.76. The molecule has 1 aliphatic heterocycles. The van der Waals surface area contributed by atoms with E-state index < -0.39 is 11.9 Å². The van der Waals surface area contributed by atoms with E-state index in [1.165, 1.54) is 6.07 Å². The van der Waals surface area contributed by atoms with Crippen molar-refractivity contribution in [3.05, 3.63) is 24.0 Å². The molecular formula is C11H11FN2O. The lowest BCUT2D eigenvalue weighted by molar-refractivity contribution is 0.202. The number of likely N-dealkylation sites (N-methyl/N-ethyl adjacent to an activating group) is 1. The molecule has 2 atom stereocenters. The van der Waals surface area contributed by atoms with E-state index in [9.17, 15) is 4.39 Å². The van der Waals surface area contributed by atoms with Gasteiger partial charge in [0.25, 0.3) is 0 Å². The molecule has 1 aromatic rings. The van der Waals surface area contributed by atoms with Crippen molar-refractivity contribution in [2.75, 3.05) is 11.9 Å². The van der Waals surface area contributed by atoms with Crippen LogP contribution in [0.2, 0.25) is 0 Å². The number of nitriles is 1. The molecule has 0 radical (unpaired) electrons. The van der Waals surface area contributed by atoms with Crippen LogP contribution in [-0.2, 0) is 0 Å². The third-order valence-corrected chi connectivity index (χ3v) is 2.75. The Balaban J connectivity index is 2.51. The SMILES string of the molecule is CC1C(C#N)Oc2c(F)cccc2N1C. The number of hydrogen-bond acceptors (Lipinski definition) is 3. The summed E-state index contributed by atoms with van der Waals surface area (Å²) in [4.78, 5) is 1.86. The zero-order valence-electron chi connectivity index (χ0n) is 8.57. The van der Waals surface area contributed by atoms with E-state index in [0.717, 1.165) is 0 Å². The van der Waals surface area contributed by atoms with Gasteiger partial charge < -0.3 is 9.64 Å². The van der Waals surface area contributed by atoms with Crippen LogP contribution in [0.4, 0.5) is 10.1 Å². The molecule has 15 heavy (non-hydrogen) atoms. The highest BCUT2D eigenvalue weighted by Gasteiger charge is 2.32.